The van der Waals surface area contributed by atoms with Gasteiger partial charge in [-0.25, -0.2) is 8.42 Å². The second-order valence-electron chi connectivity index (χ2n) is 10.0. The van der Waals surface area contributed by atoms with E-state index >= 15 is 0 Å². The number of nitrogens with zero attached hydrogens (tertiary/aromatic N) is 2. The lowest BCUT2D eigenvalue weighted by Crippen LogP contribution is -2.54. The number of hydrogen-bond acceptors (Lipinski definition) is 5. The smallest absolute Gasteiger partial charge is 0.244 e. The molecule has 0 fully saturated rings. The van der Waals surface area contributed by atoms with Gasteiger partial charge >= 0.3 is 0 Å². The van der Waals surface area contributed by atoms with E-state index in [1.165, 1.54) is 4.90 Å². The van der Waals surface area contributed by atoms with Crippen LogP contribution in [-0.2, 0) is 39.0 Å². The molecule has 0 saturated carbocycles. The summed E-state index contributed by atoms with van der Waals surface area (Å²) in [6.45, 7) is 5.37. The van der Waals surface area contributed by atoms with Crippen molar-refractivity contribution < 1.29 is 22.7 Å². The molecule has 3 aromatic carbocycles. The lowest BCUT2D eigenvalue weighted by atomic mass is 10.0. The summed E-state index contributed by atoms with van der Waals surface area (Å²) in [5.41, 5.74) is 3.07. The first-order chi connectivity index (χ1) is 19.0. The van der Waals surface area contributed by atoms with Gasteiger partial charge in [0.05, 0.1) is 19.1 Å². The highest BCUT2D eigenvalue weighted by molar-refractivity contribution is 7.92. The number of methoxy groups -OCH3 is 1. The molecule has 1 atom stereocenters. The maximum Gasteiger partial charge on any atom is 0.244 e. The Hall–Kier alpha value is -3.85. The second-order valence-corrected chi connectivity index (χ2v) is 11.9. The fourth-order valence-corrected chi connectivity index (χ4v) is 5.26. The fraction of sp³-hybridized carbons (Fsp3) is 0.355. The van der Waals surface area contributed by atoms with E-state index < -0.39 is 28.5 Å². The Morgan fingerprint density at radius 3 is 2.12 bits per heavy atom. The zero-order valence-electron chi connectivity index (χ0n) is 23.8. The molecular weight excluding hydrogens is 526 g/mol. The predicted molar refractivity (Wildman–Crippen MR) is 159 cm³/mol. The summed E-state index contributed by atoms with van der Waals surface area (Å²) in [7, 11) is -2.25. The van der Waals surface area contributed by atoms with Crippen LogP contribution < -0.4 is 14.4 Å². The quantitative estimate of drug-likeness (QED) is 0.335. The SMILES string of the molecule is CCc1ccc(N(CC(=O)N(Cc2cccc(OC)c2)[C@H](Cc2ccccc2)C(=O)NC(C)C)S(C)(=O)=O)cc1. The maximum atomic E-state index is 14.1. The standard InChI is InChI=1S/C31H39N3O5S/c1-6-24-15-17-27(18-16-24)34(40(5,37)38)22-30(35)33(21-26-13-10-14-28(19-26)39-4)29(31(36)32-23(2)3)20-25-11-8-7-9-12-25/h7-19,23,29H,6,20-22H2,1-5H3,(H,32,36)/t29-/m1/s1. The Morgan fingerprint density at radius 2 is 1.55 bits per heavy atom. The Labute approximate surface area is 238 Å². The normalized spacial score (nSPS) is 12.1. The van der Waals surface area contributed by atoms with E-state index in [0.717, 1.165) is 33.7 Å². The van der Waals surface area contributed by atoms with Gasteiger partial charge in [0, 0.05) is 19.0 Å². The minimum Gasteiger partial charge on any atom is -0.497 e. The number of hydrogen-bond donors (Lipinski definition) is 1. The van der Waals surface area contributed by atoms with E-state index in [2.05, 4.69) is 5.32 Å². The molecule has 8 nitrogen and oxygen atoms in total. The highest BCUT2D eigenvalue weighted by Crippen LogP contribution is 2.22. The average Bonchev–Trinajstić information content (AvgIpc) is 2.93. The minimum atomic E-state index is -3.81. The van der Waals surface area contributed by atoms with Crippen LogP contribution in [0.3, 0.4) is 0 Å². The van der Waals surface area contributed by atoms with Gasteiger partial charge < -0.3 is 15.0 Å². The van der Waals surface area contributed by atoms with Gasteiger partial charge in [-0.05, 0) is 61.2 Å². The molecule has 9 heteroatoms. The molecule has 0 spiro atoms. The van der Waals surface area contributed by atoms with Gasteiger partial charge in [0.25, 0.3) is 0 Å². The second kappa shape index (κ2) is 14.0. The number of rotatable bonds is 13. The summed E-state index contributed by atoms with van der Waals surface area (Å²) >= 11 is 0. The highest BCUT2D eigenvalue weighted by atomic mass is 32.2. The molecular formula is C31H39N3O5S. The van der Waals surface area contributed by atoms with Gasteiger partial charge in [-0.2, -0.15) is 0 Å². The summed E-state index contributed by atoms with van der Waals surface area (Å²) in [4.78, 5) is 29.1. The van der Waals surface area contributed by atoms with Crippen LogP contribution in [0, 0.1) is 0 Å². The molecule has 0 bridgehead atoms. The Morgan fingerprint density at radius 1 is 0.900 bits per heavy atom. The number of amides is 2. The first-order valence-electron chi connectivity index (χ1n) is 13.3. The van der Waals surface area contributed by atoms with E-state index in [4.69, 9.17) is 4.74 Å². The van der Waals surface area contributed by atoms with Gasteiger partial charge in [-0.3, -0.25) is 13.9 Å². The first-order valence-corrected chi connectivity index (χ1v) is 15.2. The predicted octanol–water partition coefficient (Wildman–Crippen LogP) is 4.19. The monoisotopic (exact) mass is 565 g/mol. The van der Waals surface area contributed by atoms with Gasteiger partial charge in [-0.15, -0.1) is 0 Å². The van der Waals surface area contributed by atoms with Crippen molar-refractivity contribution in [1.82, 2.24) is 10.2 Å². The van der Waals surface area contributed by atoms with Crippen LogP contribution in [0.1, 0.15) is 37.5 Å². The van der Waals surface area contributed by atoms with E-state index in [0.29, 0.717) is 11.4 Å². The number of nitrogens with one attached hydrogen (secondary N) is 1. The van der Waals surface area contributed by atoms with Crippen molar-refractivity contribution in [2.75, 3.05) is 24.2 Å². The number of carbonyl (C=O) groups is 2. The maximum absolute atomic E-state index is 14.1. The molecule has 40 heavy (non-hydrogen) atoms. The molecule has 0 radical (unpaired) electrons. The molecule has 0 aromatic heterocycles. The Kier molecular flexibility index (Phi) is 10.7. The van der Waals surface area contributed by atoms with Crippen LogP contribution in [-0.4, -0.2) is 57.1 Å². The van der Waals surface area contributed by atoms with Crippen molar-refractivity contribution in [1.29, 1.82) is 0 Å². The van der Waals surface area contributed by atoms with Crippen LogP contribution in [0.25, 0.3) is 0 Å². The third-order valence-corrected chi connectivity index (χ3v) is 7.64. The number of anilines is 1. The van der Waals surface area contributed by atoms with Gasteiger partial charge in [-0.1, -0.05) is 61.5 Å². The van der Waals surface area contributed by atoms with Gasteiger partial charge in [0.1, 0.15) is 18.3 Å². The molecule has 3 aromatic rings. The molecule has 0 aliphatic carbocycles. The number of aryl methyl sites for hydroxylation is 1. The third kappa shape index (κ3) is 8.58. The molecule has 1 N–H and O–H groups in total. The Balaban J connectivity index is 2.05. The van der Waals surface area contributed by atoms with Crippen LogP contribution in [0.2, 0.25) is 0 Å². The highest BCUT2D eigenvalue weighted by Gasteiger charge is 2.33. The van der Waals surface area contributed by atoms with Crippen molar-refractivity contribution in [3.05, 3.63) is 95.6 Å². The first kappa shape index (κ1) is 30.7. The zero-order valence-corrected chi connectivity index (χ0v) is 24.6. The van der Waals surface area contributed by atoms with E-state index in [9.17, 15) is 18.0 Å². The lowest BCUT2D eigenvalue weighted by molar-refractivity contribution is -0.140. The van der Waals surface area contributed by atoms with Crippen molar-refractivity contribution in [2.45, 2.75) is 52.2 Å². The summed E-state index contributed by atoms with van der Waals surface area (Å²) in [5.74, 6) is -0.189. The number of carbonyl (C=O) groups excluding carboxylic acids is 2. The molecule has 0 aliphatic heterocycles. The van der Waals surface area contributed by atoms with Crippen molar-refractivity contribution >= 4 is 27.5 Å². The van der Waals surface area contributed by atoms with Crippen molar-refractivity contribution in [3.8, 4) is 5.75 Å². The third-order valence-electron chi connectivity index (χ3n) is 6.50. The molecule has 2 amide bonds. The molecule has 0 aliphatic rings. The molecule has 0 saturated heterocycles. The largest absolute Gasteiger partial charge is 0.497 e. The lowest BCUT2D eigenvalue weighted by Gasteiger charge is -2.34. The number of sulfonamides is 1. The summed E-state index contributed by atoms with van der Waals surface area (Å²) in [6.07, 6.45) is 2.14. The van der Waals surface area contributed by atoms with Crippen molar-refractivity contribution in [3.63, 3.8) is 0 Å². The number of benzene rings is 3. The fourth-order valence-electron chi connectivity index (χ4n) is 4.41. The van der Waals surface area contributed by atoms with Crippen LogP contribution in [0.15, 0.2) is 78.9 Å². The Bertz CT molecular complexity index is 1380. The van der Waals surface area contributed by atoms with Crippen LogP contribution in [0.4, 0.5) is 5.69 Å². The summed E-state index contributed by atoms with van der Waals surface area (Å²) in [5, 5.41) is 2.95. The zero-order chi connectivity index (χ0) is 29.3. The molecule has 0 heterocycles. The van der Waals surface area contributed by atoms with Crippen LogP contribution >= 0.6 is 0 Å². The van der Waals surface area contributed by atoms with E-state index in [1.807, 2.05) is 75.4 Å². The van der Waals surface area contributed by atoms with E-state index in [1.54, 1.807) is 31.4 Å². The molecule has 0 unspecified atom stereocenters. The van der Waals surface area contributed by atoms with Gasteiger partial charge in [0.15, 0.2) is 0 Å². The molecule has 3 rings (SSSR count). The average molecular weight is 566 g/mol. The van der Waals surface area contributed by atoms with Crippen LogP contribution in [0.5, 0.6) is 5.75 Å². The number of ether oxygens (including phenoxy) is 1. The van der Waals surface area contributed by atoms with E-state index in [-0.39, 0.29) is 24.9 Å². The molecule has 214 valence electrons. The topological polar surface area (TPSA) is 96.0 Å². The van der Waals surface area contributed by atoms with Crippen molar-refractivity contribution in [2.24, 2.45) is 0 Å². The summed E-state index contributed by atoms with van der Waals surface area (Å²) in [6, 6.07) is 22.8. The summed E-state index contributed by atoms with van der Waals surface area (Å²) < 4.78 is 32.2. The van der Waals surface area contributed by atoms with Gasteiger partial charge in [0.2, 0.25) is 21.8 Å². The minimum absolute atomic E-state index is 0.0887.